The molecular formula is C66H100N16O34S. The van der Waals surface area contributed by atoms with E-state index in [-0.39, 0.29) is 40.7 Å². The molecule has 0 saturated heterocycles. The summed E-state index contributed by atoms with van der Waals surface area (Å²) >= 11 is 0.925. The van der Waals surface area contributed by atoms with E-state index < -0.39 is 321 Å². The van der Waals surface area contributed by atoms with E-state index >= 15 is 0 Å². The third kappa shape index (κ3) is 35.0. The molecule has 117 heavy (non-hydrogen) atoms. The van der Waals surface area contributed by atoms with Crippen molar-refractivity contribution < 1.29 is 164 Å². The molecule has 1 unspecified atom stereocenters. The Labute approximate surface area is 666 Å². The molecule has 0 radical (unpaired) electrons. The van der Waals surface area contributed by atoms with Gasteiger partial charge in [-0.05, 0) is 69.0 Å². The number of nitrogen functional groups attached to an aromatic ring is 1. The Kier molecular flexibility index (Phi) is 43.6. The Bertz CT molecular complexity index is 3890. The van der Waals surface area contributed by atoms with Crippen LogP contribution in [0.15, 0.2) is 35.3 Å². The molecule has 2 aromatic heterocycles. The van der Waals surface area contributed by atoms with Crippen molar-refractivity contribution in [1.82, 2.24) is 73.1 Å². The highest BCUT2D eigenvalue weighted by Gasteiger charge is 2.38. The van der Waals surface area contributed by atoms with Crippen molar-refractivity contribution in [2.45, 2.75) is 199 Å². The predicted molar refractivity (Wildman–Crippen MR) is 396 cm³/mol. The van der Waals surface area contributed by atoms with Crippen LogP contribution in [0.4, 0.5) is 11.6 Å². The minimum absolute atomic E-state index is 0.00275. The van der Waals surface area contributed by atoms with Gasteiger partial charge in [-0.2, -0.15) is 16.7 Å². The molecule has 654 valence electrons. The van der Waals surface area contributed by atoms with Crippen LogP contribution in [0.2, 0.25) is 0 Å². The first-order valence-corrected chi connectivity index (χ1v) is 37.1. The molecule has 0 aliphatic rings. The Balaban J connectivity index is 2.06. The summed E-state index contributed by atoms with van der Waals surface area (Å²) in [4.78, 5) is 215. The molecule has 1 aromatic carbocycles. The van der Waals surface area contributed by atoms with Gasteiger partial charge in [0.25, 0.3) is 11.5 Å². The number of H-pyrrole nitrogens is 1. The van der Waals surface area contributed by atoms with Crippen molar-refractivity contribution in [2.75, 3.05) is 62.5 Å². The van der Waals surface area contributed by atoms with Gasteiger partial charge in [0.15, 0.2) is 11.2 Å². The normalized spacial score (nSPS) is 16.3. The SMILES string of the molecule is CSCC(NC(=O)[C@H](CCC(=O)NC[C@H](O)[C@@H](O)[C@H](O)[C@H](O)CO)NC(=O)[C@@H](CCC(=O)O)NC(=O)[C@H](CCC(=O)NC[C@H](O)[C@@H](O)[C@H](O)[C@H](O)CO)NC(=O)[C@@H](CCC(=O)O)NC(=O)[C@H](CCC(=O)NC[C@H](O)[C@@H](O)[C@H](O)[C@H](O)CO)NC(=O)CC[C@H](NC(=O)c1ccc(NCc2cnc3nc(N)[nH]c(=O)c3n2)cc1)C(=O)O)C(=O)O. The maximum absolute atomic E-state index is 14.7. The molecule has 0 saturated carbocycles. The summed E-state index contributed by atoms with van der Waals surface area (Å²) in [5.41, 5.74) is 5.36. The number of thioether (sulfide) groups is 1. The molecule has 19 atom stereocenters. The highest BCUT2D eigenvalue weighted by molar-refractivity contribution is 7.98. The zero-order valence-corrected chi connectivity index (χ0v) is 63.3. The van der Waals surface area contributed by atoms with Gasteiger partial charge in [-0.25, -0.2) is 19.6 Å². The molecule has 2 heterocycles. The summed E-state index contributed by atoms with van der Waals surface area (Å²) in [6, 6.07) is -8.84. The van der Waals surface area contributed by atoms with E-state index in [1.807, 2.05) is 0 Å². The van der Waals surface area contributed by atoms with Crippen LogP contribution >= 0.6 is 11.8 Å². The molecule has 0 aliphatic carbocycles. The number of carbonyl (C=O) groups excluding carboxylic acids is 10. The monoisotopic (exact) mass is 1690 g/mol. The van der Waals surface area contributed by atoms with E-state index in [0.717, 1.165) is 11.8 Å². The number of aliphatic carboxylic acids is 4. The summed E-state index contributed by atoms with van der Waals surface area (Å²) in [6.07, 6.45) is -33.2. The van der Waals surface area contributed by atoms with Crippen molar-refractivity contribution >= 4 is 118 Å². The smallest absolute Gasteiger partial charge is 0.327 e. The quantitative estimate of drug-likeness (QED) is 0.0249. The van der Waals surface area contributed by atoms with Gasteiger partial charge in [0.05, 0.1) is 56.6 Å². The third-order valence-electron chi connectivity index (χ3n) is 17.3. The van der Waals surface area contributed by atoms with Crippen LogP contribution in [0.25, 0.3) is 11.2 Å². The first-order chi connectivity index (χ1) is 55.0. The summed E-state index contributed by atoms with van der Waals surface area (Å²) < 4.78 is 0. The number of carboxylic acids is 4. The summed E-state index contributed by atoms with van der Waals surface area (Å²) in [7, 11) is 0. The zero-order valence-electron chi connectivity index (χ0n) is 62.4. The second kappa shape index (κ2) is 50.8. The Morgan fingerprint density at radius 1 is 0.427 bits per heavy atom. The number of amides is 10. The predicted octanol–water partition coefficient (Wildman–Crippen LogP) is -14.0. The Morgan fingerprint density at radius 2 is 0.761 bits per heavy atom. The molecular weight excluding hydrogens is 1590 g/mol. The Hall–Kier alpha value is -10.6. The maximum atomic E-state index is 14.7. The van der Waals surface area contributed by atoms with Gasteiger partial charge in [0.1, 0.15) is 97.2 Å². The van der Waals surface area contributed by atoms with Crippen molar-refractivity contribution in [3.8, 4) is 0 Å². The summed E-state index contributed by atoms with van der Waals surface area (Å²) in [5, 5.41) is 213. The van der Waals surface area contributed by atoms with Gasteiger partial charge in [0.2, 0.25) is 59.1 Å². The minimum Gasteiger partial charge on any atom is -0.481 e. The van der Waals surface area contributed by atoms with E-state index in [0.29, 0.717) is 5.69 Å². The number of nitrogens with two attached hydrogens (primary N) is 1. The number of rotatable bonds is 56. The lowest BCUT2D eigenvalue weighted by atomic mass is 10.0. The van der Waals surface area contributed by atoms with Crippen LogP contribution in [-0.4, -0.2) is 367 Å². The van der Waals surface area contributed by atoms with Crippen molar-refractivity contribution in [2.24, 2.45) is 0 Å². The number of carboxylic acid groups (broad SMARTS) is 4. The van der Waals surface area contributed by atoms with Crippen LogP contribution < -0.4 is 69.8 Å². The topological polar surface area (TPSA) is 853 Å². The number of aromatic nitrogens is 4. The minimum atomic E-state index is -2.24. The standard InChI is InChI=1S/C66H100N16O34S/c1-117-26-36(65(115)116)80-62(111)32(8-14-45(94)71-22-39(88)52(102)55(105)42(91)25-85)76-61(110)34(11-17-48(98)99)78-59(108)31(7-13-44(93)70-21-38(87)51(101)54(104)41(90)24-84)75-60(109)33(10-16-47(96)97)77-58(107)30(6-12-43(92)69-20-37(86)50(100)53(103)40(89)23-83)74-46(95)15-9-35(64(113)114)79-57(106)27-2-4-28(5-3-27)68-18-29-19-72-56-49(73-29)63(112)82-66(67)81-56/h2-5,19,30-42,50-55,68,83-91,100-105H,6-18,20-26H2,1H3,(H,69,92)(H,70,93)(H,71,94)(H,74,95)(H,75,109)(H,76,110)(H,77,107)(H,78,108)(H,79,106)(H,80,111)(H,96,97)(H,98,99)(H,113,114)(H,115,116)(H3,67,72,81,82,112)/t30-,31-,32-,33+,34+,35-,36?,37-,38-,39-,40+,41+,42+,50+,51+,52+,53+,54+,55+/m0/s1. The van der Waals surface area contributed by atoms with Gasteiger partial charge in [-0.1, -0.05) is 0 Å². The van der Waals surface area contributed by atoms with Gasteiger partial charge < -0.3 is 161 Å². The summed E-state index contributed by atoms with van der Waals surface area (Å²) in [6.45, 7) is -5.95. The molecule has 50 nitrogen and oxygen atoms in total. The molecule has 3 aromatic rings. The fraction of sp³-hybridized carbons (Fsp3) is 0.606. The first kappa shape index (κ1) is 101. The number of aliphatic hydroxyl groups excluding tert-OH is 15. The van der Waals surface area contributed by atoms with Crippen molar-refractivity contribution in [3.63, 3.8) is 0 Å². The number of fused-ring (bicyclic) bond motifs is 1. The first-order valence-electron chi connectivity index (χ1n) is 35.7. The van der Waals surface area contributed by atoms with E-state index in [4.69, 9.17) is 10.8 Å². The highest BCUT2D eigenvalue weighted by atomic mass is 32.2. The number of carbonyl (C=O) groups is 14. The van der Waals surface area contributed by atoms with Gasteiger partial charge in [-0.3, -0.25) is 67.3 Å². The number of nitrogens with one attached hydrogen (secondary N) is 12. The molecule has 33 N–H and O–H groups in total. The van der Waals surface area contributed by atoms with E-state index in [1.165, 1.54) is 36.7 Å². The van der Waals surface area contributed by atoms with Crippen molar-refractivity contribution in [3.05, 3.63) is 52.1 Å². The molecule has 0 spiro atoms. The molecule has 0 aliphatic heterocycles. The largest absolute Gasteiger partial charge is 0.481 e. The molecule has 0 bridgehead atoms. The number of hydrogen-bond donors (Lipinski definition) is 32. The third-order valence-corrected chi connectivity index (χ3v) is 17.9. The fourth-order valence-corrected chi connectivity index (χ4v) is 11.0. The lowest BCUT2D eigenvalue weighted by Crippen LogP contribution is -2.60. The van der Waals surface area contributed by atoms with Gasteiger partial charge in [0, 0.05) is 75.2 Å². The molecule has 3 rings (SSSR count). The lowest BCUT2D eigenvalue weighted by molar-refractivity contribution is -0.142. The number of anilines is 2. The van der Waals surface area contributed by atoms with E-state index in [1.54, 1.807) is 0 Å². The molecule has 51 heteroatoms. The molecule has 10 amide bonds. The fourth-order valence-electron chi connectivity index (χ4n) is 10.4. The average Bonchev–Trinajstić information content (AvgIpc) is 0.812. The van der Waals surface area contributed by atoms with Crippen LogP contribution in [0.1, 0.15) is 93.1 Å². The zero-order chi connectivity index (χ0) is 88.1. The second-order valence-corrected chi connectivity index (χ2v) is 27.2. The Morgan fingerprint density at radius 3 is 1.11 bits per heavy atom. The number of aliphatic hydroxyl groups is 15. The highest BCUT2D eigenvalue weighted by Crippen LogP contribution is 2.16. The van der Waals surface area contributed by atoms with Crippen LogP contribution in [0.3, 0.4) is 0 Å². The number of benzene rings is 1. The summed E-state index contributed by atoms with van der Waals surface area (Å²) in [5.74, 6) is -20.0. The second-order valence-electron chi connectivity index (χ2n) is 26.3. The number of aromatic amines is 1. The van der Waals surface area contributed by atoms with Crippen LogP contribution in [0.5, 0.6) is 0 Å². The van der Waals surface area contributed by atoms with E-state index in [9.17, 15) is 164 Å². The number of hydrogen-bond acceptors (Lipinski definition) is 36. The lowest BCUT2D eigenvalue weighted by Gasteiger charge is -2.28. The van der Waals surface area contributed by atoms with Crippen LogP contribution in [-0.2, 0) is 68.9 Å². The van der Waals surface area contributed by atoms with Crippen LogP contribution in [0, 0.1) is 0 Å². The van der Waals surface area contributed by atoms with Gasteiger partial charge >= 0.3 is 23.9 Å². The van der Waals surface area contributed by atoms with Crippen molar-refractivity contribution in [1.29, 1.82) is 0 Å². The molecule has 0 fully saturated rings. The van der Waals surface area contributed by atoms with E-state index in [2.05, 4.69) is 78.4 Å². The van der Waals surface area contributed by atoms with Gasteiger partial charge in [-0.15, -0.1) is 0 Å². The number of nitrogens with zero attached hydrogens (tertiary/aromatic N) is 3. The average molecular weight is 1690 g/mol. The maximum Gasteiger partial charge on any atom is 0.327 e.